The lowest BCUT2D eigenvalue weighted by molar-refractivity contribution is -0.385. The molecule has 6 heteroatoms. The molecule has 1 fully saturated rings. The van der Waals surface area contributed by atoms with Crippen LogP contribution in [0.1, 0.15) is 25.7 Å². The largest absolute Gasteiger partial charge is 0.487 e. The highest BCUT2D eigenvalue weighted by molar-refractivity contribution is 6.30. The maximum Gasteiger partial charge on any atom is 0.311 e. The zero-order chi connectivity index (χ0) is 13.7. The van der Waals surface area contributed by atoms with Gasteiger partial charge in [-0.3, -0.25) is 10.1 Å². The first-order valence-electron chi connectivity index (χ1n) is 6.47. The van der Waals surface area contributed by atoms with Crippen molar-refractivity contribution in [1.82, 2.24) is 5.32 Å². The highest BCUT2D eigenvalue weighted by Crippen LogP contribution is 2.30. The van der Waals surface area contributed by atoms with E-state index in [-0.39, 0.29) is 11.4 Å². The average Bonchev–Trinajstić information content (AvgIpc) is 2.87. The van der Waals surface area contributed by atoms with Crippen molar-refractivity contribution in [3.8, 4) is 5.75 Å². The van der Waals surface area contributed by atoms with Crippen molar-refractivity contribution >= 4 is 17.3 Å². The molecule has 104 valence electrons. The third kappa shape index (κ3) is 4.08. The summed E-state index contributed by atoms with van der Waals surface area (Å²) in [7, 11) is 0. The van der Waals surface area contributed by atoms with Crippen LogP contribution in [0.15, 0.2) is 18.2 Å². The number of nitro benzene ring substituents is 1. The molecule has 1 aliphatic rings. The average molecular weight is 285 g/mol. The number of nitrogens with zero attached hydrogens (tertiary/aromatic N) is 1. The molecule has 2 rings (SSSR count). The molecule has 0 spiro atoms. The molecule has 0 aliphatic carbocycles. The minimum Gasteiger partial charge on any atom is -0.487 e. The van der Waals surface area contributed by atoms with Gasteiger partial charge >= 0.3 is 5.69 Å². The number of benzene rings is 1. The normalized spacial score (nSPS) is 18.5. The second kappa shape index (κ2) is 6.73. The van der Waals surface area contributed by atoms with Crippen LogP contribution in [0.5, 0.6) is 5.75 Å². The van der Waals surface area contributed by atoms with Crippen molar-refractivity contribution in [2.45, 2.75) is 31.7 Å². The molecular formula is C13H17ClN2O3. The van der Waals surface area contributed by atoms with Gasteiger partial charge in [-0.15, -0.1) is 0 Å². The predicted octanol–water partition coefficient (Wildman–Crippen LogP) is 3.16. The van der Waals surface area contributed by atoms with Crippen LogP contribution in [-0.4, -0.2) is 24.1 Å². The van der Waals surface area contributed by atoms with E-state index in [4.69, 9.17) is 16.3 Å². The lowest BCUT2D eigenvalue weighted by Crippen LogP contribution is -2.21. The van der Waals surface area contributed by atoms with Crippen molar-refractivity contribution in [3.05, 3.63) is 33.3 Å². The summed E-state index contributed by atoms with van der Waals surface area (Å²) in [6.45, 7) is 1.56. The Labute approximate surface area is 117 Å². The fraction of sp³-hybridized carbons (Fsp3) is 0.538. The summed E-state index contributed by atoms with van der Waals surface area (Å²) in [5.74, 6) is 0.247. The Balaban J connectivity index is 1.84. The lowest BCUT2D eigenvalue weighted by atomic mass is 10.1. The Hall–Kier alpha value is -1.33. The van der Waals surface area contributed by atoms with Crippen LogP contribution in [0.25, 0.3) is 0 Å². The first-order chi connectivity index (χ1) is 9.16. The number of nitrogens with one attached hydrogen (secondary N) is 1. The van der Waals surface area contributed by atoms with E-state index in [0.29, 0.717) is 17.7 Å². The standard InChI is InChI=1S/C13H17ClN2O3/c14-10-5-6-12(16(17)18)13(9-10)19-8-2-4-11-3-1-7-15-11/h5-6,9,11,15H,1-4,7-8H2. The minimum atomic E-state index is -0.454. The Morgan fingerprint density at radius 1 is 1.53 bits per heavy atom. The Bertz CT molecular complexity index is 448. The van der Waals surface area contributed by atoms with Crippen LogP contribution in [0.4, 0.5) is 5.69 Å². The van der Waals surface area contributed by atoms with Crippen LogP contribution in [-0.2, 0) is 0 Å². The SMILES string of the molecule is O=[N+]([O-])c1ccc(Cl)cc1OCCCC1CCCN1. The number of hydrogen-bond acceptors (Lipinski definition) is 4. The van der Waals surface area contributed by atoms with E-state index in [1.54, 1.807) is 0 Å². The molecule has 1 unspecified atom stereocenters. The van der Waals surface area contributed by atoms with Gasteiger partial charge in [0.05, 0.1) is 11.5 Å². The van der Waals surface area contributed by atoms with E-state index in [1.807, 2.05) is 0 Å². The first kappa shape index (κ1) is 14.1. The maximum absolute atomic E-state index is 10.8. The molecule has 0 amide bonds. The molecule has 0 bridgehead atoms. The Morgan fingerprint density at radius 3 is 3.05 bits per heavy atom. The minimum absolute atomic E-state index is 0.0385. The summed E-state index contributed by atoms with van der Waals surface area (Å²) in [5.41, 5.74) is -0.0385. The van der Waals surface area contributed by atoms with E-state index in [2.05, 4.69) is 5.32 Å². The zero-order valence-electron chi connectivity index (χ0n) is 10.6. The summed E-state index contributed by atoms with van der Waals surface area (Å²) >= 11 is 5.83. The predicted molar refractivity (Wildman–Crippen MR) is 73.9 cm³/mol. The summed E-state index contributed by atoms with van der Waals surface area (Å²) in [5, 5.41) is 14.7. The smallest absolute Gasteiger partial charge is 0.311 e. The fourth-order valence-electron chi connectivity index (χ4n) is 2.27. The van der Waals surface area contributed by atoms with Gasteiger partial charge in [-0.25, -0.2) is 0 Å². The molecule has 0 aromatic heterocycles. The van der Waals surface area contributed by atoms with Crippen molar-refractivity contribution in [2.24, 2.45) is 0 Å². The molecule has 5 nitrogen and oxygen atoms in total. The van der Waals surface area contributed by atoms with Gasteiger partial charge in [0, 0.05) is 23.2 Å². The molecule has 0 saturated carbocycles. The van der Waals surface area contributed by atoms with Crippen LogP contribution in [0.3, 0.4) is 0 Å². The fourth-order valence-corrected chi connectivity index (χ4v) is 2.43. The van der Waals surface area contributed by atoms with Gasteiger partial charge in [0.25, 0.3) is 0 Å². The number of ether oxygens (including phenoxy) is 1. The van der Waals surface area contributed by atoms with Gasteiger partial charge in [0.1, 0.15) is 0 Å². The zero-order valence-corrected chi connectivity index (χ0v) is 11.4. The van der Waals surface area contributed by atoms with E-state index >= 15 is 0 Å². The Morgan fingerprint density at radius 2 is 2.37 bits per heavy atom. The highest BCUT2D eigenvalue weighted by Gasteiger charge is 2.16. The van der Waals surface area contributed by atoms with Gasteiger partial charge in [0.2, 0.25) is 0 Å². The quantitative estimate of drug-likeness (QED) is 0.495. The molecular weight excluding hydrogens is 268 g/mol. The van der Waals surface area contributed by atoms with Crippen molar-refractivity contribution in [3.63, 3.8) is 0 Å². The van der Waals surface area contributed by atoms with Crippen LogP contribution in [0.2, 0.25) is 5.02 Å². The molecule has 1 saturated heterocycles. The van der Waals surface area contributed by atoms with Crippen LogP contribution < -0.4 is 10.1 Å². The summed E-state index contributed by atoms with van der Waals surface area (Å²) in [6, 6.07) is 4.93. The third-order valence-corrected chi connectivity index (χ3v) is 3.47. The van der Waals surface area contributed by atoms with Gasteiger partial charge < -0.3 is 10.1 Å². The van der Waals surface area contributed by atoms with Gasteiger partial charge in [-0.05, 0) is 38.3 Å². The third-order valence-electron chi connectivity index (χ3n) is 3.24. The van der Waals surface area contributed by atoms with Gasteiger partial charge in [-0.2, -0.15) is 0 Å². The maximum atomic E-state index is 10.8. The molecule has 1 aromatic carbocycles. The molecule has 1 aromatic rings. The molecule has 1 N–H and O–H groups in total. The van der Waals surface area contributed by atoms with E-state index in [9.17, 15) is 10.1 Å². The molecule has 19 heavy (non-hydrogen) atoms. The Kier molecular flexibility index (Phi) is 4.99. The second-order valence-corrected chi connectivity index (χ2v) is 5.09. The summed E-state index contributed by atoms with van der Waals surface area (Å²) in [4.78, 5) is 10.4. The van der Waals surface area contributed by atoms with Gasteiger partial charge in [-0.1, -0.05) is 11.6 Å². The summed E-state index contributed by atoms with van der Waals surface area (Å²) < 4.78 is 5.49. The summed E-state index contributed by atoms with van der Waals surface area (Å²) in [6.07, 6.45) is 4.35. The van der Waals surface area contributed by atoms with Gasteiger partial charge in [0.15, 0.2) is 5.75 Å². The van der Waals surface area contributed by atoms with Crippen molar-refractivity contribution < 1.29 is 9.66 Å². The second-order valence-electron chi connectivity index (χ2n) is 4.65. The van der Waals surface area contributed by atoms with Crippen molar-refractivity contribution in [2.75, 3.05) is 13.2 Å². The van der Waals surface area contributed by atoms with E-state index in [0.717, 1.165) is 19.4 Å². The number of hydrogen-bond donors (Lipinski definition) is 1. The van der Waals surface area contributed by atoms with Crippen molar-refractivity contribution in [1.29, 1.82) is 0 Å². The molecule has 1 atom stereocenters. The number of halogens is 1. The number of nitro groups is 1. The topological polar surface area (TPSA) is 64.4 Å². The van der Waals surface area contributed by atoms with E-state index < -0.39 is 4.92 Å². The lowest BCUT2D eigenvalue weighted by Gasteiger charge is -2.10. The molecule has 1 heterocycles. The van der Waals surface area contributed by atoms with Crippen LogP contribution in [0, 0.1) is 10.1 Å². The molecule has 1 aliphatic heterocycles. The first-order valence-corrected chi connectivity index (χ1v) is 6.85. The monoisotopic (exact) mass is 284 g/mol. The molecule has 0 radical (unpaired) electrons. The number of rotatable bonds is 6. The highest BCUT2D eigenvalue weighted by atomic mass is 35.5. The van der Waals surface area contributed by atoms with E-state index in [1.165, 1.54) is 31.0 Å². The van der Waals surface area contributed by atoms with Crippen LogP contribution >= 0.6 is 11.6 Å².